The molecule has 0 spiro atoms. The van der Waals surface area contributed by atoms with Crippen molar-refractivity contribution in [3.8, 4) is 0 Å². The lowest BCUT2D eigenvalue weighted by Gasteiger charge is -2.40. The Morgan fingerprint density at radius 2 is 1.85 bits per heavy atom. The molecular formula is C14H23N5O7S. The summed E-state index contributed by atoms with van der Waals surface area (Å²) in [5.74, 6) is 4.20. The van der Waals surface area contributed by atoms with E-state index in [0.717, 1.165) is 4.90 Å². The molecule has 0 aromatic rings. The Kier molecular flexibility index (Phi) is 5.16. The van der Waals surface area contributed by atoms with Gasteiger partial charge in [0.15, 0.2) is 0 Å². The minimum absolute atomic E-state index is 0.0406. The standard InChI is InChI=1S/C14H23N5O7S/c1-16(2)10-5-8(6-10)12(20)18(15)13(21)11-4-3-9-7-17(11)14(22)19(9)26-27(23,24)25/h8-11H,3-7,15H2,1-2H3,(H,23,24,25)/t8?,9-,10?,11+/m1/s1. The van der Waals surface area contributed by atoms with Crippen molar-refractivity contribution in [1.82, 2.24) is 19.9 Å². The van der Waals surface area contributed by atoms with Crippen LogP contribution in [0.3, 0.4) is 0 Å². The fourth-order valence-corrected chi connectivity index (χ4v) is 4.15. The van der Waals surface area contributed by atoms with Gasteiger partial charge in [-0.3, -0.25) is 14.1 Å². The van der Waals surface area contributed by atoms with Gasteiger partial charge in [0.25, 0.3) is 5.91 Å². The van der Waals surface area contributed by atoms with Crippen LogP contribution < -0.4 is 5.84 Å². The Hall–Kier alpha value is -1.80. The van der Waals surface area contributed by atoms with Crippen molar-refractivity contribution in [1.29, 1.82) is 0 Å². The average Bonchev–Trinajstić information content (AvgIpc) is 2.75. The molecular weight excluding hydrogens is 382 g/mol. The summed E-state index contributed by atoms with van der Waals surface area (Å²) in [6, 6.07) is -2.20. The predicted molar refractivity (Wildman–Crippen MR) is 89.6 cm³/mol. The molecule has 0 aromatic carbocycles. The van der Waals surface area contributed by atoms with E-state index in [1.165, 1.54) is 0 Å². The maximum Gasteiger partial charge on any atom is 0.418 e. The first kappa shape index (κ1) is 19.9. The van der Waals surface area contributed by atoms with Crippen LogP contribution in [0.15, 0.2) is 0 Å². The molecule has 2 bridgehead atoms. The SMILES string of the molecule is CN(C)C1CC(C(=O)N(N)C(=O)[C@@H]2CC[C@@H]3CN2C(=O)N3OS(=O)(=O)O)C1. The van der Waals surface area contributed by atoms with Gasteiger partial charge in [-0.2, -0.15) is 13.5 Å². The van der Waals surface area contributed by atoms with E-state index >= 15 is 0 Å². The van der Waals surface area contributed by atoms with Gasteiger partial charge in [0.2, 0.25) is 5.91 Å². The average molecular weight is 405 g/mol. The summed E-state index contributed by atoms with van der Waals surface area (Å²) in [5, 5.41) is 1.11. The number of amides is 4. The van der Waals surface area contributed by atoms with Crippen LogP contribution in [0.1, 0.15) is 25.7 Å². The van der Waals surface area contributed by atoms with Crippen LogP contribution in [0, 0.1) is 5.92 Å². The summed E-state index contributed by atoms with van der Waals surface area (Å²) in [7, 11) is -1.04. The zero-order valence-corrected chi connectivity index (χ0v) is 15.8. The molecule has 3 fully saturated rings. The molecule has 2 atom stereocenters. The Morgan fingerprint density at radius 3 is 2.41 bits per heavy atom. The predicted octanol–water partition coefficient (Wildman–Crippen LogP) is -1.44. The number of hydrazine groups is 1. The molecule has 12 nitrogen and oxygen atoms in total. The third-order valence-electron chi connectivity index (χ3n) is 5.45. The van der Waals surface area contributed by atoms with Gasteiger partial charge in [0.1, 0.15) is 6.04 Å². The van der Waals surface area contributed by atoms with Crippen molar-refractivity contribution in [2.24, 2.45) is 11.8 Å². The van der Waals surface area contributed by atoms with Crippen LogP contribution in [0.25, 0.3) is 0 Å². The number of imide groups is 1. The van der Waals surface area contributed by atoms with E-state index in [-0.39, 0.29) is 31.3 Å². The number of hydroxylamine groups is 2. The highest BCUT2D eigenvalue weighted by Gasteiger charge is 2.51. The summed E-state index contributed by atoms with van der Waals surface area (Å²) < 4.78 is 34.9. The molecule has 3 N–H and O–H groups in total. The van der Waals surface area contributed by atoms with E-state index in [9.17, 15) is 22.8 Å². The van der Waals surface area contributed by atoms with Gasteiger partial charge in [-0.25, -0.2) is 15.6 Å². The van der Waals surface area contributed by atoms with Gasteiger partial charge < -0.3 is 9.80 Å². The largest absolute Gasteiger partial charge is 0.418 e. The molecule has 27 heavy (non-hydrogen) atoms. The van der Waals surface area contributed by atoms with Gasteiger partial charge in [0, 0.05) is 18.5 Å². The van der Waals surface area contributed by atoms with Crippen molar-refractivity contribution in [3.05, 3.63) is 0 Å². The lowest BCUT2D eigenvalue weighted by molar-refractivity contribution is -0.153. The molecule has 152 valence electrons. The number of rotatable bonds is 5. The topological polar surface area (TPSA) is 154 Å². The number of hydrogen-bond acceptors (Lipinski definition) is 8. The first-order chi connectivity index (χ1) is 12.5. The fraction of sp³-hybridized carbons (Fsp3) is 0.786. The van der Waals surface area contributed by atoms with Crippen LogP contribution in [-0.4, -0.2) is 89.5 Å². The highest BCUT2D eigenvalue weighted by Crippen LogP contribution is 2.34. The summed E-state index contributed by atoms with van der Waals surface area (Å²) in [6.07, 6.45) is 1.69. The van der Waals surface area contributed by atoms with Crippen molar-refractivity contribution >= 4 is 28.2 Å². The highest BCUT2D eigenvalue weighted by atomic mass is 32.3. The Balaban J connectivity index is 1.64. The summed E-state index contributed by atoms with van der Waals surface area (Å²) in [5.41, 5.74) is 0. The van der Waals surface area contributed by atoms with E-state index in [1.807, 2.05) is 19.0 Å². The fourth-order valence-electron chi connectivity index (χ4n) is 3.77. The van der Waals surface area contributed by atoms with Crippen molar-refractivity contribution in [2.75, 3.05) is 20.6 Å². The van der Waals surface area contributed by atoms with E-state index in [4.69, 9.17) is 10.4 Å². The first-order valence-corrected chi connectivity index (χ1v) is 9.92. The number of piperidine rings is 1. The third kappa shape index (κ3) is 3.78. The van der Waals surface area contributed by atoms with E-state index in [1.54, 1.807) is 0 Å². The van der Waals surface area contributed by atoms with Gasteiger partial charge in [-0.05, 0) is 39.8 Å². The minimum Gasteiger partial charge on any atom is -0.309 e. The smallest absolute Gasteiger partial charge is 0.309 e. The zero-order chi connectivity index (χ0) is 20.1. The van der Waals surface area contributed by atoms with Crippen LogP contribution in [0.2, 0.25) is 0 Å². The molecule has 2 saturated heterocycles. The van der Waals surface area contributed by atoms with E-state index in [0.29, 0.717) is 22.9 Å². The highest BCUT2D eigenvalue weighted by molar-refractivity contribution is 7.80. The lowest BCUT2D eigenvalue weighted by atomic mass is 9.79. The lowest BCUT2D eigenvalue weighted by Crippen LogP contribution is -2.58. The zero-order valence-electron chi connectivity index (χ0n) is 15.0. The number of nitrogens with two attached hydrogens (primary N) is 1. The van der Waals surface area contributed by atoms with Crippen LogP contribution in [0.5, 0.6) is 0 Å². The van der Waals surface area contributed by atoms with Crippen molar-refractivity contribution < 1.29 is 31.6 Å². The molecule has 3 rings (SSSR count). The molecule has 2 heterocycles. The maximum atomic E-state index is 12.7. The molecule has 0 radical (unpaired) electrons. The molecule has 13 heteroatoms. The summed E-state index contributed by atoms with van der Waals surface area (Å²) in [6.45, 7) is 0.0406. The number of carbonyl (C=O) groups excluding carboxylic acids is 3. The number of nitrogens with zero attached hydrogens (tertiary/aromatic N) is 4. The second kappa shape index (κ2) is 6.98. The summed E-state index contributed by atoms with van der Waals surface area (Å²) in [4.78, 5) is 40.6. The second-order valence-electron chi connectivity index (χ2n) is 7.34. The number of hydrogen-bond donors (Lipinski definition) is 2. The number of carbonyl (C=O) groups is 3. The Bertz CT molecular complexity index is 751. The van der Waals surface area contributed by atoms with Gasteiger partial charge in [0.05, 0.1) is 6.04 Å². The Morgan fingerprint density at radius 1 is 1.22 bits per heavy atom. The van der Waals surface area contributed by atoms with Crippen LogP contribution in [-0.2, 0) is 24.3 Å². The van der Waals surface area contributed by atoms with E-state index in [2.05, 4.69) is 4.28 Å². The van der Waals surface area contributed by atoms with Gasteiger partial charge in [-0.1, -0.05) is 0 Å². The monoisotopic (exact) mass is 405 g/mol. The maximum absolute atomic E-state index is 12.7. The van der Waals surface area contributed by atoms with Gasteiger partial charge >= 0.3 is 16.4 Å². The van der Waals surface area contributed by atoms with E-state index < -0.39 is 40.3 Å². The molecule has 1 aliphatic carbocycles. The third-order valence-corrected chi connectivity index (χ3v) is 5.80. The van der Waals surface area contributed by atoms with Crippen molar-refractivity contribution in [2.45, 2.75) is 43.8 Å². The van der Waals surface area contributed by atoms with Crippen LogP contribution >= 0.6 is 0 Å². The van der Waals surface area contributed by atoms with Crippen LogP contribution in [0.4, 0.5) is 4.79 Å². The summed E-state index contributed by atoms with van der Waals surface area (Å²) >= 11 is 0. The molecule has 2 aliphatic heterocycles. The Labute approximate surface area is 156 Å². The second-order valence-corrected chi connectivity index (χ2v) is 8.35. The normalized spacial score (nSPS) is 30.5. The molecule has 0 unspecified atom stereocenters. The molecule has 3 aliphatic rings. The number of urea groups is 1. The molecule has 0 aromatic heterocycles. The molecule has 4 amide bonds. The molecule has 1 saturated carbocycles. The van der Waals surface area contributed by atoms with Gasteiger partial charge in [-0.15, -0.1) is 4.28 Å². The van der Waals surface area contributed by atoms with Crippen molar-refractivity contribution in [3.63, 3.8) is 0 Å². The minimum atomic E-state index is -4.87. The quantitative estimate of drug-likeness (QED) is 0.184. The first-order valence-electron chi connectivity index (χ1n) is 8.55. The number of fused-ring (bicyclic) bond motifs is 2.